The van der Waals surface area contributed by atoms with Crippen LogP contribution in [0.15, 0.2) is 48.5 Å². The lowest BCUT2D eigenvalue weighted by atomic mass is 10.1. The van der Waals surface area contributed by atoms with E-state index < -0.39 is 18.7 Å². The van der Waals surface area contributed by atoms with Crippen LogP contribution in [0, 0.1) is 0 Å². The standard InChI is InChI=1S/C21H20F2O6/c1-13(20(25)15-6-8-16(26-2)9-7-15)28-19(24)11-5-14-4-10-17(29-21(22)23)18(12-14)27-3/h4-13,21H,1-3H3/b11-5+. The molecule has 0 aliphatic heterocycles. The van der Waals surface area contributed by atoms with E-state index in [0.717, 1.165) is 6.08 Å². The first-order valence-electron chi connectivity index (χ1n) is 8.54. The summed E-state index contributed by atoms with van der Waals surface area (Å²) in [5, 5.41) is 0. The van der Waals surface area contributed by atoms with Crippen LogP contribution in [0.4, 0.5) is 8.78 Å². The second kappa shape index (κ2) is 10.2. The smallest absolute Gasteiger partial charge is 0.387 e. The summed E-state index contributed by atoms with van der Waals surface area (Å²) in [6, 6.07) is 10.6. The van der Waals surface area contributed by atoms with Gasteiger partial charge in [-0.1, -0.05) is 6.07 Å². The Morgan fingerprint density at radius 3 is 2.24 bits per heavy atom. The minimum absolute atomic E-state index is 0.0869. The number of hydrogen-bond acceptors (Lipinski definition) is 6. The highest BCUT2D eigenvalue weighted by Crippen LogP contribution is 2.29. The van der Waals surface area contributed by atoms with Gasteiger partial charge in [-0.2, -0.15) is 8.78 Å². The number of halogens is 2. The fraction of sp³-hybridized carbons (Fsp3) is 0.238. The third-order valence-electron chi connectivity index (χ3n) is 3.85. The molecule has 1 atom stereocenters. The third kappa shape index (κ3) is 6.31. The fourth-order valence-electron chi connectivity index (χ4n) is 2.40. The molecule has 1 unspecified atom stereocenters. The first kappa shape index (κ1) is 21.9. The molecule has 0 aliphatic carbocycles. The van der Waals surface area contributed by atoms with E-state index in [1.54, 1.807) is 24.3 Å². The zero-order valence-corrected chi connectivity index (χ0v) is 16.1. The first-order valence-corrected chi connectivity index (χ1v) is 8.54. The van der Waals surface area contributed by atoms with Crippen LogP contribution in [0.2, 0.25) is 0 Å². The van der Waals surface area contributed by atoms with E-state index in [0.29, 0.717) is 16.9 Å². The Bertz CT molecular complexity index is 877. The van der Waals surface area contributed by atoms with E-state index in [4.69, 9.17) is 14.2 Å². The molecule has 0 spiro atoms. The molecule has 29 heavy (non-hydrogen) atoms. The monoisotopic (exact) mass is 406 g/mol. The van der Waals surface area contributed by atoms with Gasteiger partial charge in [-0.05, 0) is 55.0 Å². The molecule has 0 amide bonds. The summed E-state index contributed by atoms with van der Waals surface area (Å²) in [6.07, 6.45) is 1.54. The summed E-state index contributed by atoms with van der Waals surface area (Å²) in [5.74, 6) is -0.518. The van der Waals surface area contributed by atoms with Crippen molar-refractivity contribution in [2.24, 2.45) is 0 Å². The van der Waals surface area contributed by atoms with Gasteiger partial charge in [0.25, 0.3) is 0 Å². The number of esters is 1. The summed E-state index contributed by atoms with van der Waals surface area (Å²) >= 11 is 0. The Kier molecular flexibility index (Phi) is 7.70. The highest BCUT2D eigenvalue weighted by molar-refractivity contribution is 6.01. The second-order valence-electron chi connectivity index (χ2n) is 5.79. The van der Waals surface area contributed by atoms with Crippen LogP contribution in [-0.2, 0) is 9.53 Å². The Balaban J connectivity index is 2.00. The van der Waals surface area contributed by atoms with Crippen molar-refractivity contribution in [2.45, 2.75) is 19.6 Å². The van der Waals surface area contributed by atoms with Crippen molar-refractivity contribution in [2.75, 3.05) is 14.2 Å². The van der Waals surface area contributed by atoms with Crippen molar-refractivity contribution >= 4 is 17.8 Å². The third-order valence-corrected chi connectivity index (χ3v) is 3.85. The molecule has 0 heterocycles. The number of benzene rings is 2. The number of alkyl halides is 2. The van der Waals surface area contributed by atoms with Crippen LogP contribution < -0.4 is 14.2 Å². The number of ketones is 1. The van der Waals surface area contributed by atoms with E-state index >= 15 is 0 Å². The molecule has 2 rings (SSSR count). The summed E-state index contributed by atoms with van der Waals surface area (Å²) in [5.41, 5.74) is 0.879. The highest BCUT2D eigenvalue weighted by atomic mass is 19.3. The average Bonchev–Trinajstić information content (AvgIpc) is 2.72. The van der Waals surface area contributed by atoms with Crippen LogP contribution in [0.1, 0.15) is 22.8 Å². The molecule has 6 nitrogen and oxygen atoms in total. The predicted octanol–water partition coefficient (Wildman–Crippen LogP) is 4.13. The number of Topliss-reactive ketones (excluding diaryl/α,β-unsaturated/α-hetero) is 1. The molecule has 0 fully saturated rings. The number of hydrogen-bond donors (Lipinski definition) is 0. The van der Waals surface area contributed by atoms with Crippen molar-refractivity contribution in [1.29, 1.82) is 0 Å². The van der Waals surface area contributed by atoms with Crippen LogP contribution in [0.3, 0.4) is 0 Å². The van der Waals surface area contributed by atoms with Gasteiger partial charge in [0.15, 0.2) is 17.6 Å². The maximum atomic E-state index is 12.4. The molecule has 0 saturated heterocycles. The van der Waals surface area contributed by atoms with Crippen LogP contribution in [0.25, 0.3) is 6.08 Å². The Morgan fingerprint density at radius 1 is 0.966 bits per heavy atom. The molecule has 2 aromatic carbocycles. The summed E-state index contributed by atoms with van der Waals surface area (Å²) in [7, 11) is 2.82. The number of carbonyl (C=O) groups is 2. The Hall–Kier alpha value is -3.42. The van der Waals surface area contributed by atoms with Crippen molar-refractivity contribution < 1.29 is 37.3 Å². The van der Waals surface area contributed by atoms with Gasteiger partial charge in [0.1, 0.15) is 5.75 Å². The molecular formula is C21H20F2O6. The molecule has 0 aliphatic rings. The fourth-order valence-corrected chi connectivity index (χ4v) is 2.40. The quantitative estimate of drug-likeness (QED) is 0.354. The van der Waals surface area contributed by atoms with E-state index in [1.165, 1.54) is 45.4 Å². The lowest BCUT2D eigenvalue weighted by Gasteiger charge is -2.11. The van der Waals surface area contributed by atoms with Gasteiger partial charge in [-0.3, -0.25) is 4.79 Å². The largest absolute Gasteiger partial charge is 0.497 e. The summed E-state index contributed by atoms with van der Waals surface area (Å²) in [4.78, 5) is 24.3. The lowest BCUT2D eigenvalue weighted by molar-refractivity contribution is -0.140. The molecule has 2 aromatic rings. The van der Waals surface area contributed by atoms with Crippen LogP contribution in [-0.4, -0.2) is 38.7 Å². The minimum atomic E-state index is -2.98. The SMILES string of the molecule is COc1ccc(C(=O)C(C)OC(=O)/C=C/c2ccc(OC(F)F)c(OC)c2)cc1. The minimum Gasteiger partial charge on any atom is -0.497 e. The molecule has 0 aromatic heterocycles. The Labute approximate surface area is 166 Å². The number of ether oxygens (including phenoxy) is 4. The summed E-state index contributed by atoms with van der Waals surface area (Å²) < 4.78 is 44.2. The maximum absolute atomic E-state index is 12.4. The lowest BCUT2D eigenvalue weighted by Crippen LogP contribution is -2.23. The van der Waals surface area contributed by atoms with Crippen molar-refractivity contribution in [1.82, 2.24) is 0 Å². The van der Waals surface area contributed by atoms with E-state index in [9.17, 15) is 18.4 Å². The molecule has 8 heteroatoms. The molecular weight excluding hydrogens is 386 g/mol. The normalized spacial score (nSPS) is 11.9. The van der Waals surface area contributed by atoms with Crippen molar-refractivity contribution in [3.63, 3.8) is 0 Å². The van der Waals surface area contributed by atoms with E-state index in [2.05, 4.69) is 4.74 Å². The maximum Gasteiger partial charge on any atom is 0.387 e. The second-order valence-corrected chi connectivity index (χ2v) is 5.79. The number of rotatable bonds is 9. The first-order chi connectivity index (χ1) is 13.8. The molecule has 0 bridgehead atoms. The van der Waals surface area contributed by atoms with Gasteiger partial charge in [0, 0.05) is 11.6 Å². The molecule has 0 radical (unpaired) electrons. The van der Waals surface area contributed by atoms with Crippen LogP contribution >= 0.6 is 0 Å². The predicted molar refractivity (Wildman–Crippen MR) is 102 cm³/mol. The van der Waals surface area contributed by atoms with Crippen molar-refractivity contribution in [3.05, 3.63) is 59.7 Å². The number of carbonyl (C=O) groups excluding carboxylic acids is 2. The molecule has 154 valence electrons. The van der Waals surface area contributed by atoms with Gasteiger partial charge >= 0.3 is 12.6 Å². The van der Waals surface area contributed by atoms with Gasteiger partial charge in [-0.15, -0.1) is 0 Å². The zero-order valence-electron chi connectivity index (χ0n) is 16.1. The Morgan fingerprint density at radius 2 is 1.66 bits per heavy atom. The van der Waals surface area contributed by atoms with Crippen molar-refractivity contribution in [3.8, 4) is 17.2 Å². The van der Waals surface area contributed by atoms with Gasteiger partial charge in [0.2, 0.25) is 5.78 Å². The van der Waals surface area contributed by atoms with Gasteiger partial charge in [0.05, 0.1) is 14.2 Å². The van der Waals surface area contributed by atoms with E-state index in [-0.39, 0.29) is 17.3 Å². The highest BCUT2D eigenvalue weighted by Gasteiger charge is 2.18. The average molecular weight is 406 g/mol. The summed E-state index contributed by atoms with van der Waals surface area (Å²) in [6.45, 7) is -1.51. The molecule has 0 saturated carbocycles. The van der Waals surface area contributed by atoms with Crippen LogP contribution in [0.5, 0.6) is 17.2 Å². The number of methoxy groups -OCH3 is 2. The van der Waals surface area contributed by atoms with Gasteiger partial charge in [-0.25, -0.2) is 4.79 Å². The zero-order chi connectivity index (χ0) is 21.4. The van der Waals surface area contributed by atoms with E-state index in [1.807, 2.05) is 0 Å². The molecule has 0 N–H and O–H groups in total. The van der Waals surface area contributed by atoms with Gasteiger partial charge < -0.3 is 18.9 Å². The topological polar surface area (TPSA) is 71.1 Å².